The predicted molar refractivity (Wildman–Crippen MR) is 76.9 cm³/mol. The molecule has 102 valence electrons. The van der Waals surface area contributed by atoms with Gasteiger partial charge in [0.1, 0.15) is 0 Å². The van der Waals surface area contributed by atoms with Crippen LogP contribution in [0.2, 0.25) is 0 Å². The molecule has 2 radical (unpaired) electrons. The van der Waals surface area contributed by atoms with Crippen LogP contribution in [0.1, 0.15) is 77.0 Å². The molecule has 0 bridgehead atoms. The number of ether oxygens (including phenoxy) is 1. The highest BCUT2D eigenvalue weighted by Gasteiger charge is 1.92. The van der Waals surface area contributed by atoms with Crippen molar-refractivity contribution in [1.82, 2.24) is 0 Å². The summed E-state index contributed by atoms with van der Waals surface area (Å²) in [5.74, 6) is 0. The molecular formula is C16H32O. The first-order valence-corrected chi connectivity index (χ1v) is 7.58. The molecule has 0 heterocycles. The molecule has 0 saturated heterocycles. The van der Waals surface area contributed by atoms with E-state index in [-0.39, 0.29) is 0 Å². The Morgan fingerprint density at radius 1 is 0.471 bits per heavy atom. The number of hydrogen-bond donors (Lipinski definition) is 0. The maximum Gasteiger partial charge on any atom is 0.0466 e. The Kier molecular flexibility index (Phi) is 15.9. The summed E-state index contributed by atoms with van der Waals surface area (Å²) in [6.07, 6.45) is 15.3. The molecule has 0 aromatic carbocycles. The average Bonchev–Trinajstić information content (AvgIpc) is 2.35. The van der Waals surface area contributed by atoms with Crippen LogP contribution in [-0.2, 0) is 4.74 Å². The molecular weight excluding hydrogens is 208 g/mol. The lowest BCUT2D eigenvalue weighted by molar-refractivity contribution is 0.125. The predicted octanol–water partition coefficient (Wildman–Crippen LogP) is 5.35. The fourth-order valence-corrected chi connectivity index (χ4v) is 1.92. The topological polar surface area (TPSA) is 9.23 Å². The third kappa shape index (κ3) is 16.0. The van der Waals surface area contributed by atoms with E-state index >= 15 is 0 Å². The van der Waals surface area contributed by atoms with Gasteiger partial charge in [0.2, 0.25) is 0 Å². The number of unbranched alkanes of at least 4 members (excludes halogenated alkanes) is 10. The molecule has 0 aliphatic heterocycles. The van der Waals surface area contributed by atoms with E-state index in [9.17, 15) is 0 Å². The first kappa shape index (κ1) is 17.0. The van der Waals surface area contributed by atoms with E-state index in [0.717, 1.165) is 26.1 Å². The summed E-state index contributed by atoms with van der Waals surface area (Å²) >= 11 is 0. The second-order valence-corrected chi connectivity index (χ2v) is 4.86. The van der Waals surface area contributed by atoms with Crippen molar-refractivity contribution >= 4 is 0 Å². The third-order valence-electron chi connectivity index (χ3n) is 3.08. The van der Waals surface area contributed by atoms with Crippen molar-refractivity contribution in [3.63, 3.8) is 0 Å². The number of rotatable bonds is 14. The normalized spacial score (nSPS) is 10.9. The second-order valence-electron chi connectivity index (χ2n) is 4.86. The van der Waals surface area contributed by atoms with Crippen molar-refractivity contribution in [1.29, 1.82) is 0 Å². The molecule has 1 nitrogen and oxygen atoms in total. The minimum atomic E-state index is 0.962. The number of hydrogen-bond acceptors (Lipinski definition) is 1. The van der Waals surface area contributed by atoms with Gasteiger partial charge in [0.25, 0.3) is 0 Å². The Labute approximate surface area is 109 Å². The molecule has 0 fully saturated rings. The molecule has 0 atom stereocenters. The minimum Gasteiger partial charge on any atom is -0.381 e. The zero-order chi connectivity index (χ0) is 12.6. The third-order valence-corrected chi connectivity index (χ3v) is 3.08. The quantitative estimate of drug-likeness (QED) is 0.372. The maximum absolute atomic E-state index is 5.62. The summed E-state index contributed by atoms with van der Waals surface area (Å²) < 4.78 is 5.62. The van der Waals surface area contributed by atoms with E-state index in [1.165, 1.54) is 64.2 Å². The largest absolute Gasteiger partial charge is 0.381 e. The Balaban J connectivity index is 2.85. The Bertz CT molecular complexity index is 109. The molecule has 0 N–H and O–H groups in total. The summed E-state index contributed by atoms with van der Waals surface area (Å²) in [5.41, 5.74) is 0. The Morgan fingerprint density at radius 2 is 0.824 bits per heavy atom. The van der Waals surface area contributed by atoms with Crippen molar-refractivity contribution < 1.29 is 4.74 Å². The minimum absolute atomic E-state index is 0.962. The summed E-state index contributed by atoms with van der Waals surface area (Å²) in [4.78, 5) is 0. The van der Waals surface area contributed by atoms with E-state index in [4.69, 9.17) is 4.74 Å². The van der Waals surface area contributed by atoms with Crippen LogP contribution < -0.4 is 0 Å². The Morgan fingerprint density at radius 3 is 1.24 bits per heavy atom. The fraction of sp³-hybridized carbons (Fsp3) is 0.875. The molecule has 0 aliphatic carbocycles. The van der Waals surface area contributed by atoms with Crippen LogP contribution in [0, 0.1) is 13.8 Å². The first-order chi connectivity index (χ1) is 8.41. The van der Waals surface area contributed by atoms with Crippen LogP contribution in [0.25, 0.3) is 0 Å². The van der Waals surface area contributed by atoms with Gasteiger partial charge in [-0.3, -0.25) is 0 Å². The Hall–Kier alpha value is -0.0400. The lowest BCUT2D eigenvalue weighted by Gasteiger charge is -2.04. The van der Waals surface area contributed by atoms with Gasteiger partial charge in [-0.15, -0.1) is 0 Å². The van der Waals surface area contributed by atoms with Crippen molar-refractivity contribution in [2.75, 3.05) is 13.2 Å². The summed E-state index contributed by atoms with van der Waals surface area (Å²) in [7, 11) is 0. The monoisotopic (exact) mass is 240 g/mol. The standard InChI is InChI=1S/C16H32O/c1-3-5-7-9-11-13-15-17-16-14-12-10-8-6-4-2/h1-16H2. The fourth-order valence-electron chi connectivity index (χ4n) is 1.92. The van der Waals surface area contributed by atoms with E-state index in [2.05, 4.69) is 13.8 Å². The smallest absolute Gasteiger partial charge is 0.0466 e. The van der Waals surface area contributed by atoms with Crippen LogP contribution in [0.15, 0.2) is 0 Å². The van der Waals surface area contributed by atoms with Gasteiger partial charge in [-0.05, 0) is 12.8 Å². The van der Waals surface area contributed by atoms with Gasteiger partial charge in [-0.1, -0.05) is 78.1 Å². The van der Waals surface area contributed by atoms with Crippen molar-refractivity contribution in [3.05, 3.63) is 13.8 Å². The summed E-state index contributed by atoms with van der Waals surface area (Å²) in [6, 6.07) is 0. The molecule has 0 aromatic rings. The van der Waals surface area contributed by atoms with Gasteiger partial charge in [0.15, 0.2) is 0 Å². The SMILES string of the molecule is [CH2]CCCCCCCOCCCCCCC[CH2]. The van der Waals surface area contributed by atoms with Gasteiger partial charge in [-0.2, -0.15) is 0 Å². The van der Waals surface area contributed by atoms with Crippen LogP contribution in [0.5, 0.6) is 0 Å². The molecule has 0 spiro atoms. The highest BCUT2D eigenvalue weighted by molar-refractivity contribution is 4.47. The molecule has 0 rings (SSSR count). The maximum atomic E-state index is 5.62. The van der Waals surface area contributed by atoms with Gasteiger partial charge in [-0.25, -0.2) is 0 Å². The van der Waals surface area contributed by atoms with Gasteiger partial charge < -0.3 is 4.74 Å². The molecule has 1 heteroatoms. The summed E-state index contributed by atoms with van der Waals surface area (Å²) in [6.45, 7) is 9.63. The molecule has 0 saturated carbocycles. The van der Waals surface area contributed by atoms with Crippen LogP contribution in [0.3, 0.4) is 0 Å². The van der Waals surface area contributed by atoms with Crippen molar-refractivity contribution in [2.45, 2.75) is 77.0 Å². The highest BCUT2D eigenvalue weighted by atomic mass is 16.5. The molecule has 17 heavy (non-hydrogen) atoms. The highest BCUT2D eigenvalue weighted by Crippen LogP contribution is 2.06. The average molecular weight is 240 g/mol. The lowest BCUT2D eigenvalue weighted by atomic mass is 10.1. The lowest BCUT2D eigenvalue weighted by Crippen LogP contribution is -1.97. The molecule has 0 amide bonds. The zero-order valence-corrected chi connectivity index (χ0v) is 11.7. The molecule has 0 unspecified atom stereocenters. The second kappa shape index (κ2) is 16.0. The van der Waals surface area contributed by atoms with Crippen molar-refractivity contribution in [3.8, 4) is 0 Å². The van der Waals surface area contributed by atoms with Crippen LogP contribution in [-0.4, -0.2) is 13.2 Å². The van der Waals surface area contributed by atoms with Gasteiger partial charge >= 0.3 is 0 Å². The van der Waals surface area contributed by atoms with E-state index < -0.39 is 0 Å². The van der Waals surface area contributed by atoms with E-state index in [1.807, 2.05) is 0 Å². The summed E-state index contributed by atoms with van der Waals surface area (Å²) in [5, 5.41) is 0. The van der Waals surface area contributed by atoms with E-state index in [0.29, 0.717) is 0 Å². The first-order valence-electron chi connectivity index (χ1n) is 7.58. The zero-order valence-electron chi connectivity index (χ0n) is 11.7. The van der Waals surface area contributed by atoms with E-state index in [1.54, 1.807) is 0 Å². The van der Waals surface area contributed by atoms with Crippen LogP contribution >= 0.6 is 0 Å². The van der Waals surface area contributed by atoms with Crippen molar-refractivity contribution in [2.24, 2.45) is 0 Å². The molecule has 0 aromatic heterocycles. The molecule has 0 aliphatic rings. The van der Waals surface area contributed by atoms with Crippen LogP contribution in [0.4, 0.5) is 0 Å². The van der Waals surface area contributed by atoms with Gasteiger partial charge in [0, 0.05) is 13.2 Å². The van der Waals surface area contributed by atoms with Gasteiger partial charge in [0.05, 0.1) is 0 Å².